The van der Waals surface area contributed by atoms with E-state index in [1.54, 1.807) is 20.8 Å². The van der Waals surface area contributed by atoms with E-state index in [4.69, 9.17) is 9.47 Å². The van der Waals surface area contributed by atoms with Crippen LogP contribution in [0.1, 0.15) is 53.2 Å². The molecule has 0 bridgehead atoms. The summed E-state index contributed by atoms with van der Waals surface area (Å²) in [5.41, 5.74) is -1.66. The van der Waals surface area contributed by atoms with Crippen LogP contribution in [0.5, 0.6) is 0 Å². The monoisotopic (exact) mass is 513 g/mol. The molecule has 1 fully saturated rings. The number of hydrogen-bond acceptors (Lipinski definition) is 10. The maximum Gasteiger partial charge on any atom is 0.408 e. The van der Waals surface area contributed by atoms with Crippen molar-refractivity contribution in [2.45, 2.75) is 83.1 Å². The van der Waals surface area contributed by atoms with Gasteiger partial charge in [0.05, 0.1) is 6.61 Å². The average Bonchev–Trinajstić information content (AvgIpc) is 3.05. The van der Waals surface area contributed by atoms with Gasteiger partial charge in [-0.25, -0.2) is 9.59 Å². The predicted octanol–water partition coefficient (Wildman–Crippen LogP) is -1.01. The molecular weight excluding hydrogens is 478 g/mol. The van der Waals surface area contributed by atoms with E-state index in [0.29, 0.717) is 19.4 Å². The molecule has 5 atom stereocenters. The summed E-state index contributed by atoms with van der Waals surface area (Å²) in [5, 5.41) is 36.9. The summed E-state index contributed by atoms with van der Waals surface area (Å²) in [4.78, 5) is 52.4. The van der Waals surface area contributed by atoms with E-state index in [0.717, 1.165) is 4.57 Å². The second kappa shape index (κ2) is 12.8. The third-order valence-electron chi connectivity index (χ3n) is 5.17. The third kappa shape index (κ3) is 8.55. The van der Waals surface area contributed by atoms with Crippen LogP contribution in [-0.2, 0) is 19.1 Å². The lowest BCUT2D eigenvalue weighted by molar-refractivity contribution is -0.119. The van der Waals surface area contributed by atoms with E-state index < -0.39 is 60.5 Å². The first-order valence-electron chi connectivity index (χ1n) is 11.6. The zero-order valence-corrected chi connectivity index (χ0v) is 20.8. The van der Waals surface area contributed by atoms with Crippen LogP contribution in [-0.4, -0.2) is 85.9 Å². The Bertz CT molecular complexity index is 977. The third-order valence-corrected chi connectivity index (χ3v) is 5.17. The van der Waals surface area contributed by atoms with Crippen LogP contribution in [0.25, 0.3) is 0 Å². The van der Waals surface area contributed by atoms with Crippen molar-refractivity contribution in [3.8, 4) is 0 Å². The maximum absolute atomic E-state index is 12.9. The molecule has 1 aromatic rings. The average molecular weight is 514 g/mol. The van der Waals surface area contributed by atoms with Crippen LogP contribution in [0.15, 0.2) is 17.1 Å². The number of alkyl carbamates (subject to hydrolysis) is 1. The van der Waals surface area contributed by atoms with E-state index in [1.165, 1.54) is 19.2 Å². The lowest BCUT2D eigenvalue weighted by atomic mass is 10.1. The van der Waals surface area contributed by atoms with Gasteiger partial charge in [-0.05, 0) is 46.1 Å². The molecule has 3 unspecified atom stereocenters. The number of unbranched alkanes of at least 4 members (excludes halogenated alkanes) is 1. The summed E-state index contributed by atoms with van der Waals surface area (Å²) >= 11 is 0. The zero-order chi connectivity index (χ0) is 27.0. The van der Waals surface area contributed by atoms with Gasteiger partial charge in [0.2, 0.25) is 11.8 Å². The number of ether oxygens (including phenoxy) is 2. The molecule has 1 aromatic heterocycles. The molecule has 1 saturated heterocycles. The summed E-state index contributed by atoms with van der Waals surface area (Å²) in [6.07, 6.45) is -3.49. The molecule has 14 nitrogen and oxygen atoms in total. The van der Waals surface area contributed by atoms with Gasteiger partial charge in [-0.2, -0.15) is 4.98 Å². The zero-order valence-electron chi connectivity index (χ0n) is 20.8. The molecule has 0 saturated carbocycles. The molecule has 0 aromatic carbocycles. The van der Waals surface area contributed by atoms with Crippen LogP contribution in [0.2, 0.25) is 0 Å². The van der Waals surface area contributed by atoms with E-state index in [1.807, 2.05) is 0 Å². The van der Waals surface area contributed by atoms with Crippen LogP contribution >= 0.6 is 0 Å². The van der Waals surface area contributed by atoms with Gasteiger partial charge in [-0.3, -0.25) is 14.2 Å². The summed E-state index contributed by atoms with van der Waals surface area (Å²) in [6.45, 7) is 6.30. The molecule has 6 N–H and O–H groups in total. The Kier molecular flexibility index (Phi) is 10.3. The summed E-state index contributed by atoms with van der Waals surface area (Å²) in [5.74, 6) is -0.922. The highest BCUT2D eigenvalue weighted by molar-refractivity contribution is 5.95. The predicted molar refractivity (Wildman–Crippen MR) is 126 cm³/mol. The highest BCUT2D eigenvalue weighted by Crippen LogP contribution is 2.28. The number of carbonyl (C=O) groups is 3. The quantitative estimate of drug-likeness (QED) is 0.211. The molecule has 2 rings (SSSR count). The van der Waals surface area contributed by atoms with Crippen LogP contribution < -0.4 is 21.6 Å². The number of amides is 3. The molecule has 36 heavy (non-hydrogen) atoms. The lowest BCUT2D eigenvalue weighted by Gasteiger charge is -2.23. The Balaban J connectivity index is 2.08. The fourth-order valence-electron chi connectivity index (χ4n) is 3.46. The summed E-state index contributed by atoms with van der Waals surface area (Å²) in [7, 11) is 0. The molecule has 0 radical (unpaired) electrons. The van der Waals surface area contributed by atoms with Crippen molar-refractivity contribution < 1.29 is 39.2 Å². The van der Waals surface area contributed by atoms with Crippen molar-refractivity contribution in [3.05, 3.63) is 22.7 Å². The Labute approximate surface area is 208 Å². The number of aliphatic hydroxyl groups excluding tert-OH is 3. The SMILES string of the molecule is CC(=O)NCCCCC(NC(=O)OC(C)(C)C)C(=O)Nc1ccn([C@@H]2O[C@H](CO)C(O)C2O)c(=O)n1. The molecule has 2 heterocycles. The normalized spacial score (nSPS) is 22.5. The molecule has 0 spiro atoms. The number of nitrogens with one attached hydrogen (secondary N) is 3. The van der Waals surface area contributed by atoms with Crippen molar-refractivity contribution in [3.63, 3.8) is 0 Å². The van der Waals surface area contributed by atoms with Gasteiger partial charge in [0, 0.05) is 19.7 Å². The van der Waals surface area contributed by atoms with Gasteiger partial charge in [-0.15, -0.1) is 0 Å². The van der Waals surface area contributed by atoms with Gasteiger partial charge in [0.25, 0.3) is 0 Å². The van der Waals surface area contributed by atoms with E-state index >= 15 is 0 Å². The van der Waals surface area contributed by atoms with Gasteiger partial charge in [0.15, 0.2) is 6.23 Å². The minimum Gasteiger partial charge on any atom is -0.444 e. The lowest BCUT2D eigenvalue weighted by Crippen LogP contribution is -2.46. The van der Waals surface area contributed by atoms with Crippen molar-refractivity contribution in [2.24, 2.45) is 0 Å². The largest absolute Gasteiger partial charge is 0.444 e. The standard InChI is InChI=1S/C22H35N5O9/c1-12(29)23-9-6-5-7-13(24-21(34)36-22(2,3)4)18(32)25-15-8-10-27(20(33)26-15)19-17(31)16(30)14(11-28)35-19/h8,10,13-14,16-17,19,28,30-31H,5-7,9,11H2,1-4H3,(H,23,29)(H,24,34)(H,25,26,32,33)/t13?,14-,16?,17?,19-/m1/s1. The number of hydrogen-bond donors (Lipinski definition) is 6. The molecule has 202 valence electrons. The number of carbonyl (C=O) groups excluding carboxylic acids is 3. The van der Waals surface area contributed by atoms with Gasteiger partial charge in [-0.1, -0.05) is 0 Å². The van der Waals surface area contributed by atoms with E-state index in [9.17, 15) is 34.5 Å². The maximum atomic E-state index is 12.9. The fraction of sp³-hybridized carbons (Fsp3) is 0.682. The molecule has 14 heteroatoms. The number of aromatic nitrogens is 2. The minimum atomic E-state index is -1.47. The number of aliphatic hydroxyl groups is 3. The Morgan fingerprint density at radius 2 is 1.92 bits per heavy atom. The van der Waals surface area contributed by atoms with Gasteiger partial charge < -0.3 is 40.7 Å². The van der Waals surface area contributed by atoms with Crippen LogP contribution in [0.3, 0.4) is 0 Å². The first kappa shape index (κ1) is 29.2. The number of rotatable bonds is 10. The number of anilines is 1. The first-order chi connectivity index (χ1) is 16.8. The Hall–Kier alpha value is -3.07. The van der Waals surface area contributed by atoms with Crippen molar-refractivity contribution >= 4 is 23.7 Å². The minimum absolute atomic E-state index is 0.109. The van der Waals surface area contributed by atoms with Gasteiger partial charge >= 0.3 is 11.8 Å². The summed E-state index contributed by atoms with van der Waals surface area (Å²) < 4.78 is 11.5. The topological polar surface area (TPSA) is 201 Å². The highest BCUT2D eigenvalue weighted by Gasteiger charge is 2.43. The second-order valence-corrected chi connectivity index (χ2v) is 9.40. The number of nitrogens with zero attached hydrogens (tertiary/aromatic N) is 2. The fourth-order valence-corrected chi connectivity index (χ4v) is 3.46. The van der Waals surface area contributed by atoms with Crippen molar-refractivity contribution in [2.75, 3.05) is 18.5 Å². The first-order valence-corrected chi connectivity index (χ1v) is 11.6. The van der Waals surface area contributed by atoms with Crippen LogP contribution in [0, 0.1) is 0 Å². The van der Waals surface area contributed by atoms with E-state index in [2.05, 4.69) is 20.9 Å². The van der Waals surface area contributed by atoms with Gasteiger partial charge in [0.1, 0.15) is 35.8 Å². The van der Waals surface area contributed by atoms with Crippen molar-refractivity contribution in [1.29, 1.82) is 0 Å². The molecule has 1 aliphatic rings. The molecular formula is C22H35N5O9. The van der Waals surface area contributed by atoms with E-state index in [-0.39, 0.29) is 18.1 Å². The van der Waals surface area contributed by atoms with Crippen LogP contribution in [0.4, 0.5) is 10.6 Å². The summed E-state index contributed by atoms with van der Waals surface area (Å²) in [6, 6.07) is 0.275. The second-order valence-electron chi connectivity index (χ2n) is 9.40. The molecule has 0 aliphatic carbocycles. The Morgan fingerprint density at radius 3 is 2.47 bits per heavy atom. The molecule has 1 aliphatic heterocycles. The Morgan fingerprint density at radius 1 is 1.22 bits per heavy atom. The smallest absolute Gasteiger partial charge is 0.408 e. The molecule has 3 amide bonds. The highest BCUT2D eigenvalue weighted by atomic mass is 16.6. The van der Waals surface area contributed by atoms with Crippen molar-refractivity contribution in [1.82, 2.24) is 20.2 Å².